The fourth-order valence-corrected chi connectivity index (χ4v) is 2.91. The van der Waals surface area contributed by atoms with E-state index in [2.05, 4.69) is 29.6 Å². The lowest BCUT2D eigenvalue weighted by Gasteiger charge is -2.09. The lowest BCUT2D eigenvalue weighted by molar-refractivity contribution is 0.152. The first-order chi connectivity index (χ1) is 12.1. The number of ether oxygens (including phenoxy) is 1. The van der Waals surface area contributed by atoms with Gasteiger partial charge in [-0.2, -0.15) is 16.9 Å². The third kappa shape index (κ3) is 6.11. The molecule has 6 heteroatoms. The monoisotopic (exact) mass is 376 g/mol. The van der Waals surface area contributed by atoms with E-state index in [-0.39, 0.29) is 0 Å². The molecule has 0 aliphatic heterocycles. The fourth-order valence-electron chi connectivity index (χ4n) is 2.15. The highest BCUT2D eigenvalue weighted by molar-refractivity contribution is 7.98. The molecule has 0 aliphatic rings. The van der Waals surface area contributed by atoms with Crippen molar-refractivity contribution in [2.45, 2.75) is 19.6 Å². The van der Waals surface area contributed by atoms with Crippen LogP contribution >= 0.6 is 23.4 Å². The molecule has 2 aromatic rings. The molecular formula is C19H21ClN2O2S. The van der Waals surface area contributed by atoms with Gasteiger partial charge in [-0.05, 0) is 30.4 Å². The van der Waals surface area contributed by atoms with Gasteiger partial charge in [0.2, 0.25) is 0 Å². The van der Waals surface area contributed by atoms with Crippen LogP contribution in [0.25, 0.3) is 0 Å². The van der Waals surface area contributed by atoms with Crippen LogP contribution in [0.1, 0.15) is 30.5 Å². The highest BCUT2D eigenvalue weighted by Gasteiger charge is 2.09. The number of nitrogens with one attached hydrogen (secondary N) is 1. The molecule has 0 heterocycles. The molecule has 0 saturated heterocycles. The number of amides is 1. The number of hydrogen-bond acceptors (Lipinski definition) is 4. The molecule has 1 amide bonds. The Balaban J connectivity index is 2.28. The molecule has 132 valence electrons. The van der Waals surface area contributed by atoms with Crippen molar-refractivity contribution in [1.29, 1.82) is 0 Å². The van der Waals surface area contributed by atoms with Crippen LogP contribution < -0.4 is 5.43 Å². The second-order valence-electron chi connectivity index (χ2n) is 5.13. The van der Waals surface area contributed by atoms with Gasteiger partial charge in [-0.1, -0.05) is 54.9 Å². The molecule has 0 radical (unpaired) electrons. The average molecular weight is 377 g/mol. The van der Waals surface area contributed by atoms with Gasteiger partial charge >= 0.3 is 6.09 Å². The third-order valence-corrected chi connectivity index (χ3v) is 4.55. The molecule has 25 heavy (non-hydrogen) atoms. The van der Waals surface area contributed by atoms with E-state index in [1.165, 1.54) is 5.56 Å². The number of halogens is 1. The van der Waals surface area contributed by atoms with Crippen LogP contribution in [0, 0.1) is 0 Å². The highest BCUT2D eigenvalue weighted by Crippen LogP contribution is 2.17. The summed E-state index contributed by atoms with van der Waals surface area (Å²) in [6, 6.07) is 15.5. The number of hydrazone groups is 1. The Morgan fingerprint density at radius 2 is 1.68 bits per heavy atom. The van der Waals surface area contributed by atoms with Crippen LogP contribution in [-0.4, -0.2) is 24.2 Å². The van der Waals surface area contributed by atoms with Gasteiger partial charge in [0.25, 0.3) is 0 Å². The zero-order chi connectivity index (χ0) is 18.1. The Labute approximate surface area is 157 Å². The Hall–Kier alpha value is -1.98. The van der Waals surface area contributed by atoms with Crippen molar-refractivity contribution in [1.82, 2.24) is 5.43 Å². The minimum atomic E-state index is -0.579. The van der Waals surface area contributed by atoms with E-state index >= 15 is 0 Å². The van der Waals surface area contributed by atoms with Crippen LogP contribution in [0.5, 0.6) is 0 Å². The number of rotatable bonds is 7. The first kappa shape index (κ1) is 19.3. The molecule has 2 rings (SSSR count). The molecule has 2 aromatic carbocycles. The Morgan fingerprint density at radius 3 is 2.24 bits per heavy atom. The number of carbonyl (C=O) groups is 1. The van der Waals surface area contributed by atoms with Gasteiger partial charge in [0.1, 0.15) is 0 Å². The van der Waals surface area contributed by atoms with Crippen molar-refractivity contribution in [2.75, 3.05) is 12.4 Å². The topological polar surface area (TPSA) is 50.7 Å². The van der Waals surface area contributed by atoms with Crippen LogP contribution in [0.4, 0.5) is 4.79 Å². The van der Waals surface area contributed by atoms with Crippen molar-refractivity contribution in [3.8, 4) is 0 Å². The van der Waals surface area contributed by atoms with Gasteiger partial charge in [-0.25, -0.2) is 10.2 Å². The van der Waals surface area contributed by atoms with Crippen molar-refractivity contribution in [3.63, 3.8) is 0 Å². The lowest BCUT2D eigenvalue weighted by atomic mass is 10.0. The number of nitrogens with zero attached hydrogens (tertiary/aromatic N) is 1. The normalized spacial score (nSPS) is 11.2. The average Bonchev–Trinajstić information content (AvgIpc) is 2.63. The molecule has 0 spiro atoms. The van der Waals surface area contributed by atoms with Crippen LogP contribution in [-0.2, 0) is 10.5 Å². The number of hydrogen-bond donors (Lipinski definition) is 1. The lowest BCUT2D eigenvalue weighted by Crippen LogP contribution is -2.21. The van der Waals surface area contributed by atoms with E-state index in [0.717, 1.165) is 22.6 Å². The molecule has 4 nitrogen and oxygen atoms in total. The second kappa shape index (κ2) is 10.1. The number of carbonyl (C=O) groups excluding carboxylic acids is 1. The minimum Gasteiger partial charge on any atom is -0.449 e. The second-order valence-corrected chi connectivity index (χ2v) is 6.84. The summed E-state index contributed by atoms with van der Waals surface area (Å²) in [5.41, 5.74) is 6.11. The molecular weight excluding hydrogens is 356 g/mol. The molecule has 0 atom stereocenters. The highest BCUT2D eigenvalue weighted by atomic mass is 35.5. The molecule has 0 aliphatic carbocycles. The third-order valence-electron chi connectivity index (χ3n) is 3.35. The Kier molecular flexibility index (Phi) is 7.82. The standard InChI is InChI=1S/C19H21ClN2O2S/c1-3-24-19(23)22-21-18(16-9-11-17(20)12-10-16)15-7-5-14(6-8-15)13-25-4-2/h5-12H,3-4,13H2,1-2H3,(H,22,23)/b21-18+. The van der Waals surface area contributed by atoms with Gasteiger partial charge in [0.05, 0.1) is 12.3 Å². The van der Waals surface area contributed by atoms with Gasteiger partial charge in [-0.15, -0.1) is 0 Å². The maximum atomic E-state index is 11.6. The van der Waals surface area contributed by atoms with E-state index in [4.69, 9.17) is 16.3 Å². The van der Waals surface area contributed by atoms with E-state index < -0.39 is 6.09 Å². The summed E-state index contributed by atoms with van der Waals surface area (Å²) >= 11 is 7.84. The Morgan fingerprint density at radius 1 is 1.08 bits per heavy atom. The van der Waals surface area contributed by atoms with E-state index in [1.807, 2.05) is 36.0 Å². The number of thioether (sulfide) groups is 1. The maximum Gasteiger partial charge on any atom is 0.427 e. The molecule has 0 bridgehead atoms. The SMILES string of the molecule is CCOC(=O)N/N=C(/c1ccc(Cl)cc1)c1ccc(CSCC)cc1. The van der Waals surface area contributed by atoms with Crippen molar-refractivity contribution >= 4 is 35.2 Å². The van der Waals surface area contributed by atoms with Crippen LogP contribution in [0.15, 0.2) is 53.6 Å². The smallest absolute Gasteiger partial charge is 0.427 e. The summed E-state index contributed by atoms with van der Waals surface area (Å²) in [4.78, 5) is 11.6. The molecule has 0 saturated carbocycles. The molecule has 0 unspecified atom stereocenters. The summed E-state index contributed by atoms with van der Waals surface area (Å²) < 4.78 is 4.87. The molecule has 0 fully saturated rings. The molecule has 0 aromatic heterocycles. The predicted molar refractivity (Wildman–Crippen MR) is 106 cm³/mol. The predicted octanol–water partition coefficient (Wildman–Crippen LogP) is 5.09. The van der Waals surface area contributed by atoms with Gasteiger partial charge < -0.3 is 4.74 Å². The van der Waals surface area contributed by atoms with E-state index in [9.17, 15) is 4.79 Å². The first-order valence-electron chi connectivity index (χ1n) is 8.07. The van der Waals surface area contributed by atoms with Crippen molar-refractivity contribution in [3.05, 3.63) is 70.2 Å². The first-order valence-corrected chi connectivity index (χ1v) is 9.60. The zero-order valence-electron chi connectivity index (χ0n) is 14.3. The zero-order valence-corrected chi connectivity index (χ0v) is 15.9. The summed E-state index contributed by atoms with van der Waals surface area (Å²) in [7, 11) is 0. The van der Waals surface area contributed by atoms with Gasteiger partial charge in [-0.3, -0.25) is 0 Å². The number of benzene rings is 2. The van der Waals surface area contributed by atoms with E-state index in [0.29, 0.717) is 17.3 Å². The maximum absolute atomic E-state index is 11.6. The van der Waals surface area contributed by atoms with E-state index in [1.54, 1.807) is 19.1 Å². The molecule has 1 N–H and O–H groups in total. The van der Waals surface area contributed by atoms with Crippen molar-refractivity contribution < 1.29 is 9.53 Å². The quantitative estimate of drug-likeness (QED) is 0.540. The van der Waals surface area contributed by atoms with Gasteiger partial charge in [0, 0.05) is 21.9 Å². The summed E-state index contributed by atoms with van der Waals surface area (Å²) in [5.74, 6) is 2.06. The Bertz CT molecular complexity index is 715. The largest absolute Gasteiger partial charge is 0.449 e. The van der Waals surface area contributed by atoms with Crippen LogP contribution in [0.2, 0.25) is 5.02 Å². The fraction of sp³-hybridized carbons (Fsp3) is 0.263. The van der Waals surface area contributed by atoms with Crippen molar-refractivity contribution in [2.24, 2.45) is 5.10 Å². The minimum absolute atomic E-state index is 0.293. The summed E-state index contributed by atoms with van der Waals surface area (Å²) in [5, 5.41) is 4.89. The summed E-state index contributed by atoms with van der Waals surface area (Å²) in [6.45, 7) is 4.18. The van der Waals surface area contributed by atoms with Crippen LogP contribution in [0.3, 0.4) is 0 Å². The van der Waals surface area contributed by atoms with Gasteiger partial charge in [0.15, 0.2) is 0 Å². The summed E-state index contributed by atoms with van der Waals surface area (Å²) in [6.07, 6.45) is -0.579.